The van der Waals surface area contributed by atoms with Gasteiger partial charge in [0.05, 0.1) is 0 Å². The second-order valence-corrected chi connectivity index (χ2v) is 8.04. The van der Waals surface area contributed by atoms with E-state index in [1.54, 1.807) is 0 Å². The van der Waals surface area contributed by atoms with Gasteiger partial charge in [0, 0.05) is 0 Å². The monoisotopic (exact) mass is 253 g/mol. The number of likely N-dealkylation sites (tertiary alicyclic amines) is 1. The zero-order valence-electron chi connectivity index (χ0n) is 13.7. The number of unbranched alkanes of at least 4 members (excludes halogenated alkanes) is 1. The van der Waals surface area contributed by atoms with Crippen LogP contribution in [0, 0.1) is 16.7 Å². The number of rotatable bonds is 5. The molecule has 0 aliphatic carbocycles. The van der Waals surface area contributed by atoms with E-state index < -0.39 is 0 Å². The van der Waals surface area contributed by atoms with E-state index >= 15 is 0 Å². The summed E-state index contributed by atoms with van der Waals surface area (Å²) in [5.74, 6) is 0.871. The van der Waals surface area contributed by atoms with Gasteiger partial charge in [-0.1, -0.05) is 54.4 Å². The Kier molecular flexibility index (Phi) is 5.70. The maximum atomic E-state index is 2.69. The molecule has 1 aliphatic rings. The quantitative estimate of drug-likeness (QED) is 0.626. The molecular weight excluding hydrogens is 218 g/mol. The molecule has 1 aliphatic heterocycles. The zero-order valence-corrected chi connectivity index (χ0v) is 13.7. The van der Waals surface area contributed by atoms with Crippen molar-refractivity contribution in [1.82, 2.24) is 4.90 Å². The van der Waals surface area contributed by atoms with Crippen molar-refractivity contribution in [2.75, 3.05) is 19.6 Å². The molecule has 0 aromatic heterocycles. The van der Waals surface area contributed by atoms with Crippen molar-refractivity contribution in [1.29, 1.82) is 0 Å². The van der Waals surface area contributed by atoms with Gasteiger partial charge in [-0.3, -0.25) is 0 Å². The van der Waals surface area contributed by atoms with Gasteiger partial charge in [-0.05, 0) is 55.6 Å². The zero-order chi connectivity index (χ0) is 13.8. The van der Waals surface area contributed by atoms with Gasteiger partial charge in [0.2, 0.25) is 0 Å². The Bertz CT molecular complexity index is 228. The molecule has 0 N–H and O–H groups in total. The van der Waals surface area contributed by atoms with Gasteiger partial charge in [-0.25, -0.2) is 0 Å². The fourth-order valence-corrected chi connectivity index (χ4v) is 2.91. The molecule has 1 saturated heterocycles. The first-order valence-electron chi connectivity index (χ1n) is 7.97. The summed E-state index contributed by atoms with van der Waals surface area (Å²) in [5, 5.41) is 0. The third-order valence-electron chi connectivity index (χ3n) is 5.28. The predicted molar refractivity (Wildman–Crippen MR) is 81.9 cm³/mol. The minimum atomic E-state index is 0.455. The lowest BCUT2D eigenvalue weighted by molar-refractivity contribution is 0.0219. The van der Waals surface area contributed by atoms with Crippen LogP contribution in [0.3, 0.4) is 0 Å². The second-order valence-electron chi connectivity index (χ2n) is 8.04. The predicted octanol–water partition coefficient (Wildman–Crippen LogP) is 4.96. The highest BCUT2D eigenvalue weighted by atomic mass is 15.1. The van der Waals surface area contributed by atoms with Crippen LogP contribution in [0.5, 0.6) is 0 Å². The molecule has 0 amide bonds. The van der Waals surface area contributed by atoms with Gasteiger partial charge < -0.3 is 4.90 Å². The van der Waals surface area contributed by atoms with Gasteiger partial charge in [0.25, 0.3) is 0 Å². The summed E-state index contributed by atoms with van der Waals surface area (Å²) in [6, 6.07) is 0. The maximum absolute atomic E-state index is 2.69. The highest BCUT2D eigenvalue weighted by Gasteiger charge is 2.39. The molecule has 1 rings (SSSR count). The summed E-state index contributed by atoms with van der Waals surface area (Å²) in [7, 11) is 0. The fourth-order valence-electron chi connectivity index (χ4n) is 2.91. The Labute approximate surface area is 115 Å². The van der Waals surface area contributed by atoms with Gasteiger partial charge in [0.1, 0.15) is 0 Å². The van der Waals surface area contributed by atoms with Crippen molar-refractivity contribution in [3.05, 3.63) is 0 Å². The van der Waals surface area contributed by atoms with E-state index in [0.29, 0.717) is 10.8 Å². The Balaban J connectivity index is 2.23. The third kappa shape index (κ3) is 4.57. The minimum absolute atomic E-state index is 0.455. The van der Waals surface area contributed by atoms with Crippen LogP contribution in [0.4, 0.5) is 0 Å². The standard InChI is InChI=1S/C17H35N/c1-15(2)9-7-8-12-18-13-10-17(6,11-14-18)16(3,4)5/h15H,7-14H2,1-6H3. The van der Waals surface area contributed by atoms with E-state index in [0.717, 1.165) is 5.92 Å². The first kappa shape index (κ1) is 16.0. The molecule has 1 nitrogen and oxygen atoms in total. The average molecular weight is 253 g/mol. The Morgan fingerprint density at radius 2 is 1.61 bits per heavy atom. The van der Waals surface area contributed by atoms with E-state index in [9.17, 15) is 0 Å². The summed E-state index contributed by atoms with van der Waals surface area (Å²) >= 11 is 0. The summed E-state index contributed by atoms with van der Waals surface area (Å²) in [6.45, 7) is 18.3. The molecule has 0 atom stereocenters. The van der Waals surface area contributed by atoms with Crippen molar-refractivity contribution in [3.8, 4) is 0 Å². The Hall–Kier alpha value is -0.0400. The van der Waals surface area contributed by atoms with Crippen molar-refractivity contribution in [2.24, 2.45) is 16.7 Å². The van der Waals surface area contributed by atoms with Crippen LogP contribution in [0.25, 0.3) is 0 Å². The molecule has 0 unspecified atom stereocenters. The van der Waals surface area contributed by atoms with Crippen LogP contribution >= 0.6 is 0 Å². The third-order valence-corrected chi connectivity index (χ3v) is 5.28. The molecule has 0 saturated carbocycles. The lowest BCUT2D eigenvalue weighted by Gasteiger charge is -2.48. The number of hydrogen-bond acceptors (Lipinski definition) is 1. The maximum Gasteiger partial charge on any atom is -0.00133 e. The summed E-state index contributed by atoms with van der Waals surface area (Å²) in [4.78, 5) is 2.69. The normalized spacial score (nSPS) is 21.5. The fraction of sp³-hybridized carbons (Fsp3) is 1.00. The van der Waals surface area contributed by atoms with Crippen LogP contribution in [0.2, 0.25) is 0 Å². The van der Waals surface area contributed by atoms with E-state index in [1.165, 1.54) is 51.7 Å². The van der Waals surface area contributed by atoms with E-state index in [1.807, 2.05) is 0 Å². The van der Waals surface area contributed by atoms with Crippen LogP contribution in [-0.4, -0.2) is 24.5 Å². The molecule has 0 bridgehead atoms. The Morgan fingerprint density at radius 3 is 2.06 bits per heavy atom. The van der Waals surface area contributed by atoms with Crippen molar-refractivity contribution in [3.63, 3.8) is 0 Å². The second kappa shape index (κ2) is 6.41. The molecular formula is C17H35N. The largest absolute Gasteiger partial charge is 0.303 e. The first-order chi connectivity index (χ1) is 8.24. The molecule has 0 aromatic rings. The van der Waals surface area contributed by atoms with Crippen molar-refractivity contribution >= 4 is 0 Å². The van der Waals surface area contributed by atoms with E-state index in [4.69, 9.17) is 0 Å². The number of piperidine rings is 1. The lowest BCUT2D eigenvalue weighted by Crippen LogP contribution is -2.45. The smallest absolute Gasteiger partial charge is 0.00133 e. The van der Waals surface area contributed by atoms with Crippen LogP contribution < -0.4 is 0 Å². The van der Waals surface area contributed by atoms with E-state index in [-0.39, 0.29) is 0 Å². The van der Waals surface area contributed by atoms with Crippen molar-refractivity contribution < 1.29 is 0 Å². The first-order valence-corrected chi connectivity index (χ1v) is 7.97. The Morgan fingerprint density at radius 1 is 1.06 bits per heavy atom. The molecule has 0 aromatic carbocycles. The molecule has 18 heavy (non-hydrogen) atoms. The lowest BCUT2D eigenvalue weighted by atomic mass is 9.63. The molecule has 108 valence electrons. The highest BCUT2D eigenvalue weighted by molar-refractivity contribution is 4.90. The van der Waals surface area contributed by atoms with Gasteiger partial charge in [0.15, 0.2) is 0 Å². The molecule has 1 heterocycles. The summed E-state index contributed by atoms with van der Waals surface area (Å²) in [6.07, 6.45) is 6.95. The van der Waals surface area contributed by atoms with Crippen molar-refractivity contribution in [2.45, 2.75) is 73.6 Å². The van der Waals surface area contributed by atoms with E-state index in [2.05, 4.69) is 46.4 Å². The topological polar surface area (TPSA) is 3.24 Å². The van der Waals surface area contributed by atoms with Gasteiger partial charge in [-0.15, -0.1) is 0 Å². The molecule has 1 fully saturated rings. The summed E-state index contributed by atoms with van der Waals surface area (Å²) < 4.78 is 0. The average Bonchev–Trinajstić information content (AvgIpc) is 2.25. The SMILES string of the molecule is CC(C)CCCCN1CCC(C)(C(C)(C)C)CC1. The number of hydrogen-bond donors (Lipinski definition) is 0. The molecule has 0 spiro atoms. The van der Waals surface area contributed by atoms with Gasteiger partial charge >= 0.3 is 0 Å². The minimum Gasteiger partial charge on any atom is -0.303 e. The number of nitrogens with zero attached hydrogens (tertiary/aromatic N) is 1. The van der Waals surface area contributed by atoms with Gasteiger partial charge in [-0.2, -0.15) is 0 Å². The van der Waals surface area contributed by atoms with Crippen LogP contribution in [0.1, 0.15) is 73.6 Å². The summed E-state index contributed by atoms with van der Waals surface area (Å²) in [5.41, 5.74) is 0.998. The highest BCUT2D eigenvalue weighted by Crippen LogP contribution is 2.46. The van der Waals surface area contributed by atoms with Crippen LogP contribution in [-0.2, 0) is 0 Å². The molecule has 1 heteroatoms. The van der Waals surface area contributed by atoms with Crippen LogP contribution in [0.15, 0.2) is 0 Å². The molecule has 0 radical (unpaired) electrons.